The maximum absolute atomic E-state index is 4.29. The molecule has 0 fully saturated rings. The van der Waals surface area contributed by atoms with E-state index >= 15 is 0 Å². The predicted octanol–water partition coefficient (Wildman–Crippen LogP) is 1.73. The van der Waals surface area contributed by atoms with E-state index in [1.54, 1.807) is 7.05 Å². The Morgan fingerprint density at radius 2 is 2.04 bits per heavy atom. The first-order valence-electron chi connectivity index (χ1n) is 8.16. The van der Waals surface area contributed by atoms with Crippen molar-refractivity contribution >= 4 is 11.6 Å². The van der Waals surface area contributed by atoms with Gasteiger partial charge in [-0.25, -0.2) is 0 Å². The SMILES string of the molecule is CN=C(NCc1nnc2ccccn12)NCC1Cc2ccccc21. The minimum atomic E-state index is 0.564. The summed E-state index contributed by atoms with van der Waals surface area (Å²) in [5.41, 5.74) is 3.76. The summed E-state index contributed by atoms with van der Waals surface area (Å²) in [7, 11) is 1.78. The Bertz CT molecular complexity index is 882. The van der Waals surface area contributed by atoms with Gasteiger partial charge < -0.3 is 10.6 Å². The lowest BCUT2D eigenvalue weighted by atomic mass is 9.78. The van der Waals surface area contributed by atoms with Crippen LogP contribution in [0.1, 0.15) is 22.9 Å². The summed E-state index contributed by atoms with van der Waals surface area (Å²) >= 11 is 0. The largest absolute Gasteiger partial charge is 0.356 e. The summed E-state index contributed by atoms with van der Waals surface area (Å²) in [4.78, 5) is 4.29. The van der Waals surface area contributed by atoms with Crippen molar-refractivity contribution in [3.05, 3.63) is 65.6 Å². The minimum Gasteiger partial charge on any atom is -0.356 e. The Hall–Kier alpha value is -2.89. The van der Waals surface area contributed by atoms with E-state index in [0.29, 0.717) is 12.5 Å². The quantitative estimate of drug-likeness (QED) is 0.567. The first kappa shape index (κ1) is 14.7. The van der Waals surface area contributed by atoms with Gasteiger partial charge in [0.2, 0.25) is 0 Å². The Kier molecular flexibility index (Phi) is 3.86. The summed E-state index contributed by atoms with van der Waals surface area (Å²) in [6.45, 7) is 1.46. The Labute approximate surface area is 140 Å². The van der Waals surface area contributed by atoms with E-state index in [4.69, 9.17) is 0 Å². The van der Waals surface area contributed by atoms with E-state index < -0.39 is 0 Å². The van der Waals surface area contributed by atoms with Gasteiger partial charge in [-0.1, -0.05) is 30.3 Å². The highest BCUT2D eigenvalue weighted by atomic mass is 15.3. The first-order valence-corrected chi connectivity index (χ1v) is 8.16. The van der Waals surface area contributed by atoms with Crippen LogP contribution >= 0.6 is 0 Å². The van der Waals surface area contributed by atoms with E-state index in [0.717, 1.165) is 30.4 Å². The molecule has 4 rings (SSSR count). The summed E-state index contributed by atoms with van der Waals surface area (Å²) in [5.74, 6) is 2.21. The highest BCUT2D eigenvalue weighted by Gasteiger charge is 2.25. The third kappa shape index (κ3) is 2.71. The van der Waals surface area contributed by atoms with Crippen LogP contribution in [0.5, 0.6) is 0 Å². The molecule has 0 saturated heterocycles. The molecule has 2 aromatic heterocycles. The zero-order valence-electron chi connectivity index (χ0n) is 13.6. The van der Waals surface area contributed by atoms with Crippen LogP contribution in [0.25, 0.3) is 5.65 Å². The van der Waals surface area contributed by atoms with Gasteiger partial charge in [-0.15, -0.1) is 10.2 Å². The standard InChI is InChI=1S/C18H20N6/c1-19-18(20-11-14-10-13-6-2-3-7-15(13)14)21-12-17-23-22-16-8-4-5-9-24(16)17/h2-9,14H,10-12H2,1H3,(H2,19,20,21). The zero-order valence-corrected chi connectivity index (χ0v) is 13.6. The minimum absolute atomic E-state index is 0.564. The number of aromatic nitrogens is 3. The van der Waals surface area contributed by atoms with Crippen LogP contribution in [0.2, 0.25) is 0 Å². The number of aliphatic imine (C=N–C) groups is 1. The molecule has 1 aromatic carbocycles. The van der Waals surface area contributed by atoms with Crippen molar-refractivity contribution in [3.63, 3.8) is 0 Å². The van der Waals surface area contributed by atoms with Gasteiger partial charge in [0.1, 0.15) is 0 Å². The van der Waals surface area contributed by atoms with Gasteiger partial charge in [0.15, 0.2) is 17.4 Å². The van der Waals surface area contributed by atoms with E-state index in [-0.39, 0.29) is 0 Å². The van der Waals surface area contributed by atoms with Crippen molar-refractivity contribution in [1.29, 1.82) is 0 Å². The lowest BCUT2D eigenvalue weighted by molar-refractivity contribution is 0.583. The molecule has 24 heavy (non-hydrogen) atoms. The van der Waals surface area contributed by atoms with Crippen LogP contribution in [0.15, 0.2) is 53.7 Å². The van der Waals surface area contributed by atoms with Crippen molar-refractivity contribution in [2.24, 2.45) is 4.99 Å². The molecule has 1 aliphatic carbocycles. The van der Waals surface area contributed by atoms with Crippen LogP contribution in [0, 0.1) is 0 Å². The molecule has 1 unspecified atom stereocenters. The molecule has 2 heterocycles. The van der Waals surface area contributed by atoms with Crippen LogP contribution < -0.4 is 10.6 Å². The van der Waals surface area contributed by atoms with Gasteiger partial charge in [-0.2, -0.15) is 0 Å². The van der Waals surface area contributed by atoms with Gasteiger partial charge in [-0.3, -0.25) is 9.39 Å². The molecular formula is C18H20N6. The fourth-order valence-electron chi connectivity index (χ4n) is 3.16. The van der Waals surface area contributed by atoms with Crippen LogP contribution in [0.4, 0.5) is 0 Å². The van der Waals surface area contributed by atoms with Crippen LogP contribution in [-0.2, 0) is 13.0 Å². The average molecular weight is 320 g/mol. The van der Waals surface area contributed by atoms with Crippen molar-refractivity contribution < 1.29 is 0 Å². The number of guanidine groups is 1. The number of hydrogen-bond donors (Lipinski definition) is 2. The molecule has 6 heteroatoms. The average Bonchev–Trinajstić information content (AvgIpc) is 3.01. The molecule has 6 nitrogen and oxygen atoms in total. The zero-order chi connectivity index (χ0) is 16.4. The van der Waals surface area contributed by atoms with Crippen molar-refractivity contribution in [2.45, 2.75) is 18.9 Å². The smallest absolute Gasteiger partial charge is 0.191 e. The maximum atomic E-state index is 4.29. The van der Waals surface area contributed by atoms with Crippen LogP contribution in [-0.4, -0.2) is 34.2 Å². The number of fused-ring (bicyclic) bond motifs is 2. The highest BCUT2D eigenvalue weighted by Crippen LogP contribution is 2.33. The molecule has 0 spiro atoms. The second-order valence-corrected chi connectivity index (χ2v) is 5.95. The predicted molar refractivity (Wildman–Crippen MR) is 94.1 cm³/mol. The lowest BCUT2D eigenvalue weighted by Gasteiger charge is -2.30. The normalized spacial score (nSPS) is 16.5. The van der Waals surface area contributed by atoms with Crippen molar-refractivity contribution in [2.75, 3.05) is 13.6 Å². The topological polar surface area (TPSA) is 66.6 Å². The second-order valence-electron chi connectivity index (χ2n) is 5.95. The number of pyridine rings is 1. The Morgan fingerprint density at radius 3 is 2.92 bits per heavy atom. The van der Waals surface area contributed by atoms with Gasteiger partial charge in [-0.05, 0) is 29.7 Å². The maximum Gasteiger partial charge on any atom is 0.191 e. The molecule has 0 saturated carbocycles. The molecular weight excluding hydrogens is 300 g/mol. The van der Waals surface area contributed by atoms with E-state index in [2.05, 4.69) is 50.1 Å². The molecule has 2 N–H and O–H groups in total. The van der Waals surface area contributed by atoms with Gasteiger partial charge in [0, 0.05) is 25.7 Å². The van der Waals surface area contributed by atoms with Gasteiger partial charge >= 0.3 is 0 Å². The Morgan fingerprint density at radius 1 is 1.17 bits per heavy atom. The highest BCUT2D eigenvalue weighted by molar-refractivity contribution is 5.79. The van der Waals surface area contributed by atoms with E-state index in [9.17, 15) is 0 Å². The first-order chi connectivity index (χ1) is 11.8. The number of benzene rings is 1. The fourth-order valence-corrected chi connectivity index (χ4v) is 3.16. The van der Waals surface area contributed by atoms with Gasteiger partial charge in [0.05, 0.1) is 6.54 Å². The third-order valence-corrected chi connectivity index (χ3v) is 4.50. The summed E-state index contributed by atoms with van der Waals surface area (Å²) in [6, 6.07) is 14.5. The number of rotatable bonds is 4. The summed E-state index contributed by atoms with van der Waals surface area (Å²) in [5, 5.41) is 15.1. The summed E-state index contributed by atoms with van der Waals surface area (Å²) in [6.07, 6.45) is 3.10. The van der Waals surface area contributed by atoms with Crippen molar-refractivity contribution in [3.8, 4) is 0 Å². The number of hydrogen-bond acceptors (Lipinski definition) is 3. The third-order valence-electron chi connectivity index (χ3n) is 4.50. The van der Waals surface area contributed by atoms with Crippen molar-refractivity contribution in [1.82, 2.24) is 25.2 Å². The molecule has 0 aliphatic heterocycles. The Balaban J connectivity index is 1.34. The number of nitrogens with one attached hydrogen (secondary N) is 2. The van der Waals surface area contributed by atoms with Gasteiger partial charge in [0.25, 0.3) is 0 Å². The number of nitrogens with zero attached hydrogens (tertiary/aromatic N) is 4. The molecule has 1 atom stereocenters. The second kappa shape index (κ2) is 6.31. The molecule has 0 amide bonds. The van der Waals surface area contributed by atoms with Crippen LogP contribution in [0.3, 0.4) is 0 Å². The molecule has 122 valence electrons. The van der Waals surface area contributed by atoms with E-state index in [1.165, 1.54) is 11.1 Å². The molecule has 3 aromatic rings. The molecule has 0 bridgehead atoms. The fraction of sp³-hybridized carbons (Fsp3) is 0.278. The van der Waals surface area contributed by atoms with E-state index in [1.807, 2.05) is 28.8 Å². The lowest BCUT2D eigenvalue weighted by Crippen LogP contribution is -2.41. The summed E-state index contributed by atoms with van der Waals surface area (Å²) < 4.78 is 1.97. The molecule has 0 radical (unpaired) electrons. The monoisotopic (exact) mass is 320 g/mol. The molecule has 1 aliphatic rings.